The first-order valence-electron chi connectivity index (χ1n) is 17.2. The smallest absolute Gasteiger partial charge is 0.0165 e. The highest BCUT2D eigenvalue weighted by atomic mass is 14.4. The van der Waals surface area contributed by atoms with Crippen LogP contribution in [0.5, 0.6) is 0 Å². The third-order valence-electron chi connectivity index (χ3n) is 11.6. The van der Waals surface area contributed by atoms with Crippen molar-refractivity contribution in [1.82, 2.24) is 0 Å². The highest BCUT2D eigenvalue weighted by Crippen LogP contribution is 2.57. The van der Waals surface area contributed by atoms with Crippen molar-refractivity contribution in [2.24, 2.45) is 0 Å². The SMILES string of the molecule is CC1(C)c2ccccc2-c2ccc(-c3c4ccccc4c(-c4c5c(cc6ccccc46)-c4ccccc4C5(C)C)c4ccccc34)cc21. The molecule has 0 spiro atoms. The van der Waals surface area contributed by atoms with Crippen LogP contribution in [0, 0.1) is 0 Å². The van der Waals surface area contributed by atoms with Crippen molar-refractivity contribution >= 4 is 32.3 Å². The molecule has 0 bridgehead atoms. The molecule has 10 rings (SSSR count). The van der Waals surface area contributed by atoms with E-state index in [0.29, 0.717) is 0 Å². The van der Waals surface area contributed by atoms with Crippen molar-refractivity contribution in [2.45, 2.75) is 38.5 Å². The van der Waals surface area contributed by atoms with Gasteiger partial charge in [-0.1, -0.05) is 161 Å². The summed E-state index contributed by atoms with van der Waals surface area (Å²) in [7, 11) is 0. The second-order valence-corrected chi connectivity index (χ2v) is 14.8. The highest BCUT2D eigenvalue weighted by molar-refractivity contribution is 6.25. The maximum atomic E-state index is 2.48. The Hall–Kier alpha value is -5.46. The minimum Gasteiger partial charge on any atom is -0.0619 e. The standard InChI is InChI=1S/C48H36/c1-47(2)40-23-13-11-17-32(40)34-26-25-30(28-42(34)47)43-35-19-7-9-21-37(35)44(38-22-10-8-20-36(38)43)45-31-16-6-5-15-29(31)27-39-33-18-12-14-24-41(33)48(3,4)46(39)45/h5-28H,1-4H3. The predicted octanol–water partition coefficient (Wildman–Crippen LogP) is 13.1. The summed E-state index contributed by atoms with van der Waals surface area (Å²) in [6, 6.07) is 54.9. The zero-order valence-corrected chi connectivity index (χ0v) is 27.9. The molecule has 0 heterocycles. The van der Waals surface area contributed by atoms with Gasteiger partial charge in [-0.3, -0.25) is 0 Å². The fraction of sp³-hybridized carbons (Fsp3) is 0.125. The second-order valence-electron chi connectivity index (χ2n) is 14.8. The van der Waals surface area contributed by atoms with Gasteiger partial charge in [0.2, 0.25) is 0 Å². The quantitative estimate of drug-likeness (QED) is 0.170. The summed E-state index contributed by atoms with van der Waals surface area (Å²) in [5, 5.41) is 7.82. The molecule has 2 aliphatic rings. The highest BCUT2D eigenvalue weighted by Gasteiger charge is 2.39. The molecular formula is C48H36. The minimum atomic E-state index is -0.146. The molecule has 0 aliphatic heterocycles. The number of benzene rings is 8. The fourth-order valence-corrected chi connectivity index (χ4v) is 9.44. The number of rotatable bonds is 2. The Morgan fingerprint density at radius 1 is 0.333 bits per heavy atom. The van der Waals surface area contributed by atoms with E-state index >= 15 is 0 Å². The van der Waals surface area contributed by atoms with Crippen molar-refractivity contribution in [3.63, 3.8) is 0 Å². The Balaban J connectivity index is 1.34. The lowest BCUT2D eigenvalue weighted by atomic mass is 9.75. The van der Waals surface area contributed by atoms with Gasteiger partial charge in [0.15, 0.2) is 0 Å². The molecule has 8 aromatic carbocycles. The van der Waals surface area contributed by atoms with Gasteiger partial charge in [-0.15, -0.1) is 0 Å². The monoisotopic (exact) mass is 612 g/mol. The Morgan fingerprint density at radius 3 is 1.46 bits per heavy atom. The first-order valence-corrected chi connectivity index (χ1v) is 17.2. The van der Waals surface area contributed by atoms with Gasteiger partial charge in [-0.25, -0.2) is 0 Å². The van der Waals surface area contributed by atoms with Crippen LogP contribution in [0.3, 0.4) is 0 Å². The van der Waals surface area contributed by atoms with Crippen LogP contribution in [0.25, 0.3) is 76.8 Å². The molecule has 0 atom stereocenters. The summed E-state index contributed by atoms with van der Waals surface area (Å²) in [4.78, 5) is 0. The van der Waals surface area contributed by atoms with E-state index in [4.69, 9.17) is 0 Å². The van der Waals surface area contributed by atoms with Crippen LogP contribution in [-0.4, -0.2) is 0 Å². The van der Waals surface area contributed by atoms with E-state index in [-0.39, 0.29) is 10.8 Å². The van der Waals surface area contributed by atoms with Crippen molar-refractivity contribution in [2.75, 3.05) is 0 Å². The van der Waals surface area contributed by atoms with Gasteiger partial charge in [0, 0.05) is 10.8 Å². The van der Waals surface area contributed by atoms with E-state index in [9.17, 15) is 0 Å². The van der Waals surface area contributed by atoms with Gasteiger partial charge >= 0.3 is 0 Å². The zero-order chi connectivity index (χ0) is 32.4. The van der Waals surface area contributed by atoms with Crippen molar-refractivity contribution in [3.05, 3.63) is 168 Å². The maximum absolute atomic E-state index is 2.48. The second kappa shape index (κ2) is 9.55. The molecule has 2 aliphatic carbocycles. The van der Waals surface area contributed by atoms with E-state index < -0.39 is 0 Å². The number of hydrogen-bond donors (Lipinski definition) is 0. The molecule has 48 heavy (non-hydrogen) atoms. The maximum Gasteiger partial charge on any atom is 0.0165 e. The largest absolute Gasteiger partial charge is 0.0619 e. The summed E-state index contributed by atoms with van der Waals surface area (Å²) in [5.74, 6) is 0. The van der Waals surface area contributed by atoms with E-state index in [1.165, 1.54) is 99.1 Å². The van der Waals surface area contributed by atoms with E-state index in [2.05, 4.69) is 173 Å². The van der Waals surface area contributed by atoms with Gasteiger partial charge in [0.25, 0.3) is 0 Å². The lowest BCUT2D eigenvalue weighted by molar-refractivity contribution is 0.660. The van der Waals surface area contributed by atoms with E-state index in [1.807, 2.05) is 0 Å². The topological polar surface area (TPSA) is 0 Å². The average molecular weight is 613 g/mol. The van der Waals surface area contributed by atoms with Crippen LogP contribution in [0.4, 0.5) is 0 Å². The Bertz CT molecular complexity index is 2610. The summed E-state index contributed by atoms with van der Waals surface area (Å²) < 4.78 is 0. The molecule has 0 nitrogen and oxygen atoms in total. The van der Waals surface area contributed by atoms with E-state index in [0.717, 1.165) is 0 Å². The molecule has 0 amide bonds. The van der Waals surface area contributed by atoms with Gasteiger partial charge in [-0.2, -0.15) is 0 Å². The molecule has 8 aromatic rings. The molecule has 0 saturated carbocycles. The van der Waals surface area contributed by atoms with Crippen LogP contribution in [0.15, 0.2) is 146 Å². The normalized spacial score (nSPS) is 15.0. The number of fused-ring (bicyclic) bond motifs is 9. The van der Waals surface area contributed by atoms with Gasteiger partial charge < -0.3 is 0 Å². The first-order chi connectivity index (χ1) is 23.4. The number of hydrogen-bond acceptors (Lipinski definition) is 0. The molecule has 0 aromatic heterocycles. The average Bonchev–Trinajstić information content (AvgIpc) is 3.49. The predicted molar refractivity (Wildman–Crippen MR) is 205 cm³/mol. The van der Waals surface area contributed by atoms with Crippen LogP contribution >= 0.6 is 0 Å². The molecule has 0 saturated heterocycles. The molecule has 0 fully saturated rings. The molecule has 0 radical (unpaired) electrons. The van der Waals surface area contributed by atoms with Gasteiger partial charge in [0.1, 0.15) is 0 Å². The summed E-state index contributed by atoms with van der Waals surface area (Å²) in [5.41, 5.74) is 16.2. The molecule has 0 heteroatoms. The Morgan fingerprint density at radius 2 is 0.812 bits per heavy atom. The van der Waals surface area contributed by atoms with Crippen molar-refractivity contribution in [1.29, 1.82) is 0 Å². The lowest BCUT2D eigenvalue weighted by Crippen LogP contribution is -2.16. The summed E-state index contributed by atoms with van der Waals surface area (Å²) in [6.07, 6.45) is 0. The third-order valence-corrected chi connectivity index (χ3v) is 11.6. The fourth-order valence-electron chi connectivity index (χ4n) is 9.44. The van der Waals surface area contributed by atoms with Crippen molar-refractivity contribution < 1.29 is 0 Å². The van der Waals surface area contributed by atoms with Crippen LogP contribution < -0.4 is 0 Å². The molecule has 0 unspecified atom stereocenters. The lowest BCUT2D eigenvalue weighted by Gasteiger charge is -2.28. The summed E-state index contributed by atoms with van der Waals surface area (Å²) in [6.45, 7) is 9.58. The van der Waals surface area contributed by atoms with Crippen LogP contribution in [0.1, 0.15) is 49.9 Å². The van der Waals surface area contributed by atoms with Crippen molar-refractivity contribution in [3.8, 4) is 44.5 Å². The summed E-state index contributed by atoms with van der Waals surface area (Å²) >= 11 is 0. The Kier molecular flexibility index (Phi) is 5.50. The molecule has 0 N–H and O–H groups in total. The first kappa shape index (κ1) is 27.6. The Labute approximate surface area is 282 Å². The molecular weight excluding hydrogens is 577 g/mol. The van der Waals surface area contributed by atoms with Gasteiger partial charge in [0.05, 0.1) is 0 Å². The van der Waals surface area contributed by atoms with Crippen LogP contribution in [-0.2, 0) is 10.8 Å². The minimum absolute atomic E-state index is 0.0580. The van der Waals surface area contributed by atoms with Crippen LogP contribution in [0.2, 0.25) is 0 Å². The van der Waals surface area contributed by atoms with E-state index in [1.54, 1.807) is 0 Å². The van der Waals surface area contributed by atoms with Gasteiger partial charge in [-0.05, 0) is 111 Å². The third kappa shape index (κ3) is 3.50. The molecule has 228 valence electrons. The zero-order valence-electron chi connectivity index (χ0n) is 27.9.